The molecule has 0 aliphatic carbocycles. The van der Waals surface area contributed by atoms with Crippen LogP contribution in [0, 0.1) is 5.82 Å². The second kappa shape index (κ2) is 5.03. The van der Waals surface area contributed by atoms with Crippen LogP contribution in [-0.2, 0) is 6.18 Å². The van der Waals surface area contributed by atoms with Crippen LogP contribution in [0.15, 0.2) is 36.4 Å². The second-order valence-electron chi connectivity index (χ2n) is 4.08. The number of benzene rings is 2. The number of phenolic OH excluding ortho intramolecular Hbond substituents is 1. The van der Waals surface area contributed by atoms with Crippen molar-refractivity contribution >= 4 is 0 Å². The molecule has 0 radical (unpaired) electrons. The van der Waals surface area contributed by atoms with Crippen LogP contribution < -0.4 is 4.74 Å². The average molecular weight is 286 g/mol. The van der Waals surface area contributed by atoms with Gasteiger partial charge in [0.05, 0.1) is 12.7 Å². The van der Waals surface area contributed by atoms with Crippen LogP contribution in [0.3, 0.4) is 0 Å². The Kier molecular flexibility index (Phi) is 3.57. The highest BCUT2D eigenvalue weighted by molar-refractivity contribution is 5.72. The lowest BCUT2D eigenvalue weighted by Gasteiger charge is -2.12. The topological polar surface area (TPSA) is 29.5 Å². The van der Waals surface area contributed by atoms with E-state index in [2.05, 4.69) is 0 Å². The second-order valence-corrected chi connectivity index (χ2v) is 4.08. The molecule has 0 unspecified atom stereocenters. The summed E-state index contributed by atoms with van der Waals surface area (Å²) in [5.41, 5.74) is -1.36. The predicted molar refractivity (Wildman–Crippen MR) is 65.1 cm³/mol. The van der Waals surface area contributed by atoms with Gasteiger partial charge in [-0.2, -0.15) is 13.2 Å². The van der Waals surface area contributed by atoms with E-state index in [-0.39, 0.29) is 16.9 Å². The molecule has 0 amide bonds. The van der Waals surface area contributed by atoms with Gasteiger partial charge in [-0.1, -0.05) is 0 Å². The summed E-state index contributed by atoms with van der Waals surface area (Å²) in [6, 6.07) is 5.95. The third-order valence-electron chi connectivity index (χ3n) is 2.79. The molecule has 2 rings (SSSR count). The summed E-state index contributed by atoms with van der Waals surface area (Å²) in [5.74, 6) is -0.913. The van der Waals surface area contributed by atoms with E-state index < -0.39 is 23.3 Å². The first-order chi connectivity index (χ1) is 9.32. The number of ether oxygens (including phenoxy) is 1. The van der Waals surface area contributed by atoms with Gasteiger partial charge in [-0.15, -0.1) is 0 Å². The quantitative estimate of drug-likeness (QED) is 0.837. The Hall–Kier alpha value is -2.24. The molecular weight excluding hydrogens is 276 g/mol. The van der Waals surface area contributed by atoms with Gasteiger partial charge in [0.1, 0.15) is 17.3 Å². The van der Waals surface area contributed by atoms with Gasteiger partial charge >= 0.3 is 6.18 Å². The number of alkyl halides is 3. The van der Waals surface area contributed by atoms with Crippen LogP contribution in [0.25, 0.3) is 11.1 Å². The van der Waals surface area contributed by atoms with E-state index in [0.29, 0.717) is 6.07 Å². The average Bonchev–Trinajstić information content (AvgIpc) is 2.39. The predicted octanol–water partition coefficient (Wildman–Crippen LogP) is 4.23. The number of aromatic hydroxyl groups is 1. The van der Waals surface area contributed by atoms with Crippen molar-refractivity contribution in [3.63, 3.8) is 0 Å². The van der Waals surface area contributed by atoms with E-state index in [9.17, 15) is 22.7 Å². The molecule has 0 saturated heterocycles. The first-order valence-corrected chi connectivity index (χ1v) is 5.57. The summed E-state index contributed by atoms with van der Waals surface area (Å²) < 4.78 is 56.6. The fraction of sp³-hybridized carbons (Fsp3) is 0.143. The first-order valence-electron chi connectivity index (χ1n) is 5.57. The lowest BCUT2D eigenvalue weighted by molar-refractivity contribution is -0.137. The first kappa shape index (κ1) is 14.2. The van der Waals surface area contributed by atoms with Crippen LogP contribution in [0.5, 0.6) is 11.5 Å². The molecule has 2 aromatic rings. The van der Waals surface area contributed by atoms with Crippen LogP contribution in [0.4, 0.5) is 17.6 Å². The standard InChI is InChI=1S/C14H10F4O2/c1-20-9-3-4-12(15)10(7-9)11-6-8(14(16,17)18)2-5-13(11)19/h2-7,19H,1H3. The molecule has 0 saturated carbocycles. The fourth-order valence-electron chi connectivity index (χ4n) is 1.77. The van der Waals surface area contributed by atoms with Crippen molar-refractivity contribution in [1.82, 2.24) is 0 Å². The largest absolute Gasteiger partial charge is 0.507 e. The van der Waals surface area contributed by atoms with Crippen LogP contribution in [0.1, 0.15) is 5.56 Å². The lowest BCUT2D eigenvalue weighted by atomic mass is 10.0. The maximum absolute atomic E-state index is 13.8. The number of hydrogen-bond donors (Lipinski definition) is 1. The van der Waals surface area contributed by atoms with Crippen molar-refractivity contribution in [3.8, 4) is 22.6 Å². The molecule has 20 heavy (non-hydrogen) atoms. The maximum atomic E-state index is 13.8. The minimum atomic E-state index is -4.57. The molecule has 1 N–H and O–H groups in total. The van der Waals surface area contributed by atoms with Crippen molar-refractivity contribution in [3.05, 3.63) is 47.8 Å². The molecule has 0 aromatic heterocycles. The monoisotopic (exact) mass is 286 g/mol. The SMILES string of the molecule is COc1ccc(F)c(-c2cc(C(F)(F)F)ccc2O)c1. The summed E-state index contributed by atoms with van der Waals surface area (Å²) in [6.45, 7) is 0. The Balaban J connectivity index is 2.63. The zero-order chi connectivity index (χ0) is 14.9. The van der Waals surface area contributed by atoms with Gasteiger partial charge in [0.2, 0.25) is 0 Å². The molecule has 0 bridgehead atoms. The van der Waals surface area contributed by atoms with Crippen molar-refractivity contribution < 1.29 is 27.4 Å². The Morgan fingerprint density at radius 2 is 1.70 bits per heavy atom. The van der Waals surface area contributed by atoms with Crippen LogP contribution >= 0.6 is 0 Å². The van der Waals surface area contributed by atoms with Gasteiger partial charge in [0, 0.05) is 11.1 Å². The molecule has 0 heterocycles. The van der Waals surface area contributed by atoms with Crippen LogP contribution in [-0.4, -0.2) is 12.2 Å². The number of methoxy groups -OCH3 is 1. The van der Waals surface area contributed by atoms with Gasteiger partial charge in [0.25, 0.3) is 0 Å². The zero-order valence-electron chi connectivity index (χ0n) is 10.3. The smallest absolute Gasteiger partial charge is 0.416 e. The third-order valence-corrected chi connectivity index (χ3v) is 2.79. The number of halogens is 4. The molecular formula is C14H10F4O2. The Morgan fingerprint density at radius 3 is 2.30 bits per heavy atom. The lowest BCUT2D eigenvalue weighted by Crippen LogP contribution is -2.04. The van der Waals surface area contributed by atoms with E-state index in [1.54, 1.807) is 0 Å². The van der Waals surface area contributed by atoms with Crippen molar-refractivity contribution in [2.45, 2.75) is 6.18 Å². The molecule has 6 heteroatoms. The van der Waals surface area contributed by atoms with E-state index >= 15 is 0 Å². The van der Waals surface area contributed by atoms with Gasteiger partial charge < -0.3 is 9.84 Å². The summed E-state index contributed by atoms with van der Waals surface area (Å²) in [7, 11) is 1.35. The molecule has 0 aliphatic heterocycles. The number of rotatable bonds is 2. The molecule has 2 aromatic carbocycles. The minimum Gasteiger partial charge on any atom is -0.507 e. The summed E-state index contributed by atoms with van der Waals surface area (Å²) >= 11 is 0. The number of phenols is 1. The van der Waals surface area contributed by atoms with E-state index in [1.807, 2.05) is 0 Å². The molecule has 106 valence electrons. The van der Waals surface area contributed by atoms with Crippen LogP contribution in [0.2, 0.25) is 0 Å². The molecule has 2 nitrogen and oxygen atoms in total. The molecule has 0 aliphatic rings. The summed E-state index contributed by atoms with van der Waals surface area (Å²) in [5, 5.41) is 9.67. The Labute approximate surface area is 112 Å². The third kappa shape index (κ3) is 2.68. The van der Waals surface area contributed by atoms with Gasteiger partial charge in [-0.3, -0.25) is 0 Å². The summed E-state index contributed by atoms with van der Waals surface area (Å²) in [4.78, 5) is 0. The Bertz CT molecular complexity index is 636. The minimum absolute atomic E-state index is 0.159. The normalized spacial score (nSPS) is 11.4. The fourth-order valence-corrected chi connectivity index (χ4v) is 1.77. The maximum Gasteiger partial charge on any atom is 0.416 e. The van der Waals surface area contributed by atoms with E-state index in [4.69, 9.17) is 4.74 Å². The van der Waals surface area contributed by atoms with Gasteiger partial charge in [-0.05, 0) is 36.4 Å². The van der Waals surface area contributed by atoms with E-state index in [1.165, 1.54) is 19.2 Å². The van der Waals surface area contributed by atoms with Gasteiger partial charge in [0.15, 0.2) is 0 Å². The molecule has 0 spiro atoms. The molecule has 0 atom stereocenters. The van der Waals surface area contributed by atoms with Gasteiger partial charge in [-0.25, -0.2) is 4.39 Å². The van der Waals surface area contributed by atoms with Crippen molar-refractivity contribution in [2.24, 2.45) is 0 Å². The summed E-state index contributed by atoms with van der Waals surface area (Å²) in [6.07, 6.45) is -4.57. The molecule has 0 fully saturated rings. The zero-order valence-corrected chi connectivity index (χ0v) is 10.3. The highest BCUT2D eigenvalue weighted by Gasteiger charge is 2.31. The number of hydrogen-bond acceptors (Lipinski definition) is 2. The highest BCUT2D eigenvalue weighted by Crippen LogP contribution is 2.38. The Morgan fingerprint density at radius 1 is 1.00 bits per heavy atom. The van der Waals surface area contributed by atoms with Crippen molar-refractivity contribution in [1.29, 1.82) is 0 Å². The highest BCUT2D eigenvalue weighted by atomic mass is 19.4. The van der Waals surface area contributed by atoms with Crippen molar-refractivity contribution in [2.75, 3.05) is 7.11 Å². The van der Waals surface area contributed by atoms with E-state index in [0.717, 1.165) is 18.2 Å².